The SMILES string of the molecule is CC(C)(C)NC(=O)CN1CCC(c2nc3ccccc3s2)CC1. The zero-order valence-corrected chi connectivity index (χ0v) is 14.9. The Morgan fingerprint density at radius 2 is 2.00 bits per heavy atom. The smallest absolute Gasteiger partial charge is 0.234 e. The molecule has 2 heterocycles. The number of carbonyl (C=O) groups excluding carboxylic acids is 1. The van der Waals surface area contributed by atoms with Gasteiger partial charge < -0.3 is 5.32 Å². The number of hydrogen-bond acceptors (Lipinski definition) is 4. The highest BCUT2D eigenvalue weighted by Gasteiger charge is 2.25. The van der Waals surface area contributed by atoms with Crippen molar-refractivity contribution in [2.24, 2.45) is 0 Å². The number of nitrogens with zero attached hydrogens (tertiary/aromatic N) is 2. The van der Waals surface area contributed by atoms with Crippen LogP contribution in [0.3, 0.4) is 0 Å². The monoisotopic (exact) mass is 331 g/mol. The number of benzene rings is 1. The molecule has 5 heteroatoms. The van der Waals surface area contributed by atoms with Crippen LogP contribution < -0.4 is 5.32 Å². The van der Waals surface area contributed by atoms with Crippen molar-refractivity contribution in [3.63, 3.8) is 0 Å². The predicted molar refractivity (Wildman–Crippen MR) is 95.9 cm³/mol. The van der Waals surface area contributed by atoms with Crippen molar-refractivity contribution in [1.29, 1.82) is 0 Å². The van der Waals surface area contributed by atoms with E-state index >= 15 is 0 Å². The largest absolute Gasteiger partial charge is 0.350 e. The van der Waals surface area contributed by atoms with Gasteiger partial charge in [0.05, 0.1) is 21.8 Å². The third kappa shape index (κ3) is 4.30. The molecule has 1 aliphatic rings. The van der Waals surface area contributed by atoms with Gasteiger partial charge in [0.15, 0.2) is 0 Å². The minimum Gasteiger partial charge on any atom is -0.350 e. The van der Waals surface area contributed by atoms with E-state index in [4.69, 9.17) is 4.98 Å². The van der Waals surface area contributed by atoms with Gasteiger partial charge in [0.1, 0.15) is 0 Å². The average molecular weight is 331 g/mol. The first-order valence-corrected chi connectivity index (χ1v) is 9.11. The maximum Gasteiger partial charge on any atom is 0.234 e. The Morgan fingerprint density at radius 3 is 2.65 bits per heavy atom. The summed E-state index contributed by atoms with van der Waals surface area (Å²) in [6, 6.07) is 8.34. The molecule has 0 radical (unpaired) electrons. The molecule has 0 aliphatic carbocycles. The molecule has 124 valence electrons. The summed E-state index contributed by atoms with van der Waals surface area (Å²) < 4.78 is 1.27. The Kier molecular flexibility index (Phi) is 4.69. The van der Waals surface area contributed by atoms with Crippen molar-refractivity contribution in [3.8, 4) is 0 Å². The fourth-order valence-electron chi connectivity index (χ4n) is 3.06. The molecule has 0 atom stereocenters. The van der Waals surface area contributed by atoms with Gasteiger partial charge in [0, 0.05) is 11.5 Å². The van der Waals surface area contributed by atoms with E-state index in [0.29, 0.717) is 12.5 Å². The summed E-state index contributed by atoms with van der Waals surface area (Å²) in [5, 5.41) is 4.29. The van der Waals surface area contributed by atoms with E-state index in [0.717, 1.165) is 31.4 Å². The van der Waals surface area contributed by atoms with Gasteiger partial charge >= 0.3 is 0 Å². The summed E-state index contributed by atoms with van der Waals surface area (Å²) in [6.45, 7) is 8.50. The summed E-state index contributed by atoms with van der Waals surface area (Å²) in [5.41, 5.74) is 0.954. The number of hydrogen-bond donors (Lipinski definition) is 1. The van der Waals surface area contributed by atoms with Crippen LogP contribution in [-0.2, 0) is 4.79 Å². The standard InChI is InChI=1S/C18H25N3OS/c1-18(2,3)20-16(22)12-21-10-8-13(9-11-21)17-19-14-6-4-5-7-15(14)23-17/h4-7,13H,8-12H2,1-3H3,(H,20,22). The van der Waals surface area contributed by atoms with Crippen LogP contribution in [0.2, 0.25) is 0 Å². The quantitative estimate of drug-likeness (QED) is 0.938. The summed E-state index contributed by atoms with van der Waals surface area (Å²) in [4.78, 5) is 19.1. The van der Waals surface area contributed by atoms with Gasteiger partial charge in [-0.2, -0.15) is 0 Å². The number of fused-ring (bicyclic) bond motifs is 1. The van der Waals surface area contributed by atoms with Gasteiger partial charge in [-0.3, -0.25) is 9.69 Å². The van der Waals surface area contributed by atoms with Gasteiger partial charge in [-0.25, -0.2) is 4.98 Å². The molecule has 0 saturated carbocycles. The Hall–Kier alpha value is -1.46. The van der Waals surface area contributed by atoms with Crippen LogP contribution in [0.4, 0.5) is 0 Å². The number of likely N-dealkylation sites (tertiary alicyclic amines) is 1. The Morgan fingerprint density at radius 1 is 1.30 bits per heavy atom. The summed E-state index contributed by atoms with van der Waals surface area (Å²) in [6.07, 6.45) is 2.17. The highest BCUT2D eigenvalue weighted by atomic mass is 32.1. The molecule has 4 nitrogen and oxygen atoms in total. The molecular formula is C18H25N3OS. The van der Waals surface area contributed by atoms with Gasteiger partial charge in [-0.15, -0.1) is 11.3 Å². The second-order valence-electron chi connectivity index (χ2n) is 7.37. The molecule has 3 rings (SSSR count). The van der Waals surface area contributed by atoms with Crippen molar-refractivity contribution in [2.75, 3.05) is 19.6 Å². The van der Waals surface area contributed by atoms with Crippen LogP contribution in [0, 0.1) is 0 Å². The number of aromatic nitrogens is 1. The number of carbonyl (C=O) groups is 1. The maximum absolute atomic E-state index is 12.0. The minimum atomic E-state index is -0.156. The molecule has 1 saturated heterocycles. The molecule has 1 amide bonds. The average Bonchev–Trinajstić information content (AvgIpc) is 2.89. The number of thiazole rings is 1. The fourth-order valence-corrected chi connectivity index (χ4v) is 4.20. The predicted octanol–water partition coefficient (Wildman–Crippen LogP) is 3.39. The number of rotatable bonds is 3. The van der Waals surface area contributed by atoms with Crippen molar-refractivity contribution in [3.05, 3.63) is 29.3 Å². The highest BCUT2D eigenvalue weighted by Crippen LogP contribution is 2.33. The molecule has 1 aliphatic heterocycles. The number of amides is 1. The molecule has 1 N–H and O–H groups in total. The lowest BCUT2D eigenvalue weighted by Crippen LogP contribution is -2.47. The van der Waals surface area contributed by atoms with Crippen molar-refractivity contribution in [1.82, 2.24) is 15.2 Å². The molecule has 0 bridgehead atoms. The van der Waals surface area contributed by atoms with E-state index in [9.17, 15) is 4.79 Å². The van der Waals surface area contributed by atoms with Crippen molar-refractivity contribution < 1.29 is 4.79 Å². The first-order valence-electron chi connectivity index (χ1n) is 8.29. The molecule has 0 unspecified atom stereocenters. The molecule has 1 aromatic carbocycles. The lowest BCUT2D eigenvalue weighted by Gasteiger charge is -2.31. The first kappa shape index (κ1) is 16.4. The highest BCUT2D eigenvalue weighted by molar-refractivity contribution is 7.18. The van der Waals surface area contributed by atoms with Crippen LogP contribution in [0.15, 0.2) is 24.3 Å². The number of piperidine rings is 1. The molecule has 2 aromatic rings. The van der Waals surface area contributed by atoms with Crippen LogP contribution in [0.1, 0.15) is 44.5 Å². The van der Waals surface area contributed by atoms with E-state index < -0.39 is 0 Å². The normalized spacial score (nSPS) is 17.5. The van der Waals surface area contributed by atoms with Crippen LogP contribution in [0.25, 0.3) is 10.2 Å². The van der Waals surface area contributed by atoms with Gasteiger partial charge in [-0.05, 0) is 58.8 Å². The lowest BCUT2D eigenvalue weighted by molar-refractivity contribution is -0.123. The Labute approximate surface area is 141 Å². The van der Waals surface area contributed by atoms with Crippen molar-refractivity contribution >= 4 is 27.5 Å². The molecule has 1 aromatic heterocycles. The van der Waals surface area contributed by atoms with E-state index in [1.54, 1.807) is 0 Å². The van der Waals surface area contributed by atoms with Gasteiger partial charge in [0.25, 0.3) is 0 Å². The van der Waals surface area contributed by atoms with Crippen LogP contribution in [-0.4, -0.2) is 41.0 Å². The maximum atomic E-state index is 12.0. The fraction of sp³-hybridized carbons (Fsp3) is 0.556. The lowest BCUT2D eigenvalue weighted by atomic mass is 9.97. The van der Waals surface area contributed by atoms with Crippen LogP contribution in [0.5, 0.6) is 0 Å². The first-order chi connectivity index (χ1) is 10.9. The molecule has 0 spiro atoms. The Balaban J connectivity index is 1.55. The second-order valence-corrected chi connectivity index (χ2v) is 8.43. The van der Waals surface area contributed by atoms with Gasteiger partial charge in [-0.1, -0.05) is 12.1 Å². The summed E-state index contributed by atoms with van der Waals surface area (Å²) >= 11 is 1.82. The van der Waals surface area contributed by atoms with Crippen molar-refractivity contribution in [2.45, 2.75) is 45.1 Å². The third-order valence-corrected chi connectivity index (χ3v) is 5.33. The van der Waals surface area contributed by atoms with E-state index in [1.165, 1.54) is 9.71 Å². The van der Waals surface area contributed by atoms with Gasteiger partial charge in [0.2, 0.25) is 5.91 Å². The van der Waals surface area contributed by atoms with E-state index in [1.807, 2.05) is 38.2 Å². The second kappa shape index (κ2) is 6.57. The Bertz CT molecular complexity index is 648. The zero-order chi connectivity index (χ0) is 16.4. The zero-order valence-electron chi connectivity index (χ0n) is 14.1. The molecule has 23 heavy (non-hydrogen) atoms. The van der Waals surface area contributed by atoms with Crippen LogP contribution >= 0.6 is 11.3 Å². The molecule has 1 fully saturated rings. The molecular weight excluding hydrogens is 306 g/mol. The summed E-state index contributed by atoms with van der Waals surface area (Å²) in [5.74, 6) is 0.658. The topological polar surface area (TPSA) is 45.2 Å². The van der Waals surface area contributed by atoms with E-state index in [2.05, 4.69) is 28.4 Å². The van der Waals surface area contributed by atoms with E-state index in [-0.39, 0.29) is 11.4 Å². The summed E-state index contributed by atoms with van der Waals surface area (Å²) in [7, 11) is 0. The third-order valence-electron chi connectivity index (χ3n) is 4.13. The minimum absolute atomic E-state index is 0.121. The number of para-hydroxylation sites is 1. The number of nitrogens with one attached hydrogen (secondary N) is 1.